The van der Waals surface area contributed by atoms with Crippen molar-refractivity contribution in [3.05, 3.63) is 24.3 Å². The molecule has 23 heavy (non-hydrogen) atoms. The maximum atomic E-state index is 12.3. The van der Waals surface area contributed by atoms with Gasteiger partial charge in [-0.1, -0.05) is 26.0 Å². The Bertz CT molecular complexity index is 539. The molecule has 0 unspecified atom stereocenters. The number of rotatable bonds is 8. The second-order valence-corrected chi connectivity index (χ2v) is 5.79. The molecule has 1 aromatic rings. The summed E-state index contributed by atoms with van der Waals surface area (Å²) < 4.78 is 5.43. The Morgan fingerprint density at radius 1 is 1.22 bits per heavy atom. The lowest BCUT2D eigenvalue weighted by Gasteiger charge is -2.29. The number of anilines is 1. The summed E-state index contributed by atoms with van der Waals surface area (Å²) in [5.41, 5.74) is 0.801. The zero-order chi connectivity index (χ0) is 16.7. The third kappa shape index (κ3) is 4.47. The number of amides is 2. The van der Waals surface area contributed by atoms with E-state index in [1.54, 1.807) is 4.90 Å². The first-order valence-corrected chi connectivity index (χ1v) is 8.47. The normalized spacial score (nSPS) is 13.5. The molecule has 2 amide bonds. The van der Waals surface area contributed by atoms with Crippen molar-refractivity contribution in [2.75, 3.05) is 31.1 Å². The number of ether oxygens (including phenoxy) is 1. The molecule has 0 bridgehead atoms. The first-order chi connectivity index (χ1) is 11.2. The summed E-state index contributed by atoms with van der Waals surface area (Å²) in [4.78, 5) is 28.0. The molecule has 5 heteroatoms. The maximum absolute atomic E-state index is 12.3. The molecule has 1 aliphatic heterocycles. The molecule has 0 saturated carbocycles. The number of nitrogens with zero attached hydrogens (tertiary/aromatic N) is 2. The molecule has 0 aliphatic carbocycles. The van der Waals surface area contributed by atoms with E-state index in [0.29, 0.717) is 19.4 Å². The van der Waals surface area contributed by atoms with Gasteiger partial charge in [0.2, 0.25) is 5.91 Å². The Labute approximate surface area is 138 Å². The fourth-order valence-electron chi connectivity index (χ4n) is 2.85. The molecular formula is C18H26N2O3. The molecule has 0 atom stereocenters. The van der Waals surface area contributed by atoms with E-state index in [0.717, 1.165) is 37.4 Å². The van der Waals surface area contributed by atoms with Gasteiger partial charge in [-0.3, -0.25) is 9.59 Å². The van der Waals surface area contributed by atoms with Gasteiger partial charge in [0.15, 0.2) is 6.61 Å². The van der Waals surface area contributed by atoms with Crippen molar-refractivity contribution in [2.24, 2.45) is 0 Å². The van der Waals surface area contributed by atoms with Crippen LogP contribution in [0.4, 0.5) is 5.69 Å². The van der Waals surface area contributed by atoms with Crippen molar-refractivity contribution in [2.45, 2.75) is 39.5 Å². The molecule has 0 fully saturated rings. The Hall–Kier alpha value is -2.04. The van der Waals surface area contributed by atoms with Crippen LogP contribution in [-0.4, -0.2) is 43.0 Å². The van der Waals surface area contributed by atoms with Crippen LogP contribution in [0.1, 0.15) is 39.5 Å². The minimum absolute atomic E-state index is 0.0462. The molecule has 0 saturated heterocycles. The van der Waals surface area contributed by atoms with Gasteiger partial charge in [0.1, 0.15) is 5.75 Å². The van der Waals surface area contributed by atoms with Crippen LogP contribution < -0.4 is 9.64 Å². The highest BCUT2D eigenvalue weighted by atomic mass is 16.5. The first-order valence-electron chi connectivity index (χ1n) is 8.47. The van der Waals surface area contributed by atoms with E-state index in [4.69, 9.17) is 4.74 Å². The molecule has 126 valence electrons. The van der Waals surface area contributed by atoms with E-state index in [-0.39, 0.29) is 18.4 Å². The van der Waals surface area contributed by atoms with Crippen molar-refractivity contribution >= 4 is 17.5 Å². The smallest absolute Gasteiger partial charge is 0.265 e. The molecule has 2 rings (SSSR count). The van der Waals surface area contributed by atoms with E-state index < -0.39 is 0 Å². The van der Waals surface area contributed by atoms with E-state index >= 15 is 0 Å². The fraction of sp³-hybridized carbons (Fsp3) is 0.556. The third-order valence-electron chi connectivity index (χ3n) is 3.92. The van der Waals surface area contributed by atoms with Gasteiger partial charge in [0, 0.05) is 26.1 Å². The summed E-state index contributed by atoms with van der Waals surface area (Å²) in [6, 6.07) is 7.53. The number of benzene rings is 1. The van der Waals surface area contributed by atoms with Gasteiger partial charge in [-0.05, 0) is 31.4 Å². The lowest BCUT2D eigenvalue weighted by Crippen LogP contribution is -2.40. The third-order valence-corrected chi connectivity index (χ3v) is 3.92. The van der Waals surface area contributed by atoms with Gasteiger partial charge in [-0.2, -0.15) is 0 Å². The Balaban J connectivity index is 1.90. The lowest BCUT2D eigenvalue weighted by atomic mass is 10.2. The predicted molar refractivity (Wildman–Crippen MR) is 90.7 cm³/mol. The van der Waals surface area contributed by atoms with E-state index in [9.17, 15) is 9.59 Å². The number of hydrogen-bond acceptors (Lipinski definition) is 3. The average molecular weight is 318 g/mol. The molecule has 1 aliphatic rings. The number of carbonyl (C=O) groups is 2. The second kappa shape index (κ2) is 8.56. The standard InChI is InChI=1S/C18H26N2O3/c1-3-11-19(12-4-2)17(21)10-7-13-20-15-8-5-6-9-16(15)23-14-18(20)22/h5-6,8-9H,3-4,7,10-14H2,1-2H3. The molecule has 0 spiro atoms. The Morgan fingerprint density at radius 3 is 2.61 bits per heavy atom. The van der Waals surface area contributed by atoms with Gasteiger partial charge in [0.05, 0.1) is 5.69 Å². The predicted octanol–water partition coefficient (Wildman–Crippen LogP) is 2.84. The number of carbonyl (C=O) groups excluding carboxylic acids is 2. The van der Waals surface area contributed by atoms with Crippen molar-refractivity contribution in [1.29, 1.82) is 0 Å². The topological polar surface area (TPSA) is 49.9 Å². The van der Waals surface area contributed by atoms with Crippen molar-refractivity contribution in [1.82, 2.24) is 4.90 Å². The van der Waals surface area contributed by atoms with Gasteiger partial charge >= 0.3 is 0 Å². The Morgan fingerprint density at radius 2 is 1.91 bits per heavy atom. The highest BCUT2D eigenvalue weighted by Gasteiger charge is 2.25. The monoisotopic (exact) mass is 318 g/mol. The van der Waals surface area contributed by atoms with Gasteiger partial charge < -0.3 is 14.5 Å². The van der Waals surface area contributed by atoms with Crippen LogP contribution in [0.15, 0.2) is 24.3 Å². The van der Waals surface area contributed by atoms with Crippen LogP contribution in [0.3, 0.4) is 0 Å². The summed E-state index contributed by atoms with van der Waals surface area (Å²) in [7, 11) is 0. The van der Waals surface area contributed by atoms with Crippen LogP contribution in [0.25, 0.3) is 0 Å². The molecule has 1 heterocycles. The summed E-state index contributed by atoms with van der Waals surface area (Å²) in [5.74, 6) is 0.870. The van der Waals surface area contributed by atoms with E-state index in [1.807, 2.05) is 29.2 Å². The van der Waals surface area contributed by atoms with E-state index in [1.165, 1.54) is 0 Å². The summed E-state index contributed by atoms with van der Waals surface area (Å²) >= 11 is 0. The zero-order valence-electron chi connectivity index (χ0n) is 14.1. The largest absolute Gasteiger partial charge is 0.482 e. The second-order valence-electron chi connectivity index (χ2n) is 5.79. The molecule has 0 radical (unpaired) electrons. The van der Waals surface area contributed by atoms with Crippen molar-refractivity contribution in [3.63, 3.8) is 0 Å². The fourth-order valence-corrected chi connectivity index (χ4v) is 2.85. The Kier molecular flexibility index (Phi) is 6.44. The summed E-state index contributed by atoms with van der Waals surface area (Å²) in [6.07, 6.45) is 3.10. The van der Waals surface area contributed by atoms with E-state index in [2.05, 4.69) is 13.8 Å². The van der Waals surface area contributed by atoms with Gasteiger partial charge in [0.25, 0.3) is 5.91 Å². The lowest BCUT2D eigenvalue weighted by molar-refractivity contribution is -0.131. The molecule has 5 nitrogen and oxygen atoms in total. The quantitative estimate of drug-likeness (QED) is 0.740. The minimum Gasteiger partial charge on any atom is -0.482 e. The van der Waals surface area contributed by atoms with Gasteiger partial charge in [-0.25, -0.2) is 0 Å². The molecule has 0 N–H and O–H groups in total. The minimum atomic E-state index is -0.0462. The maximum Gasteiger partial charge on any atom is 0.265 e. The molecule has 0 aromatic heterocycles. The van der Waals surface area contributed by atoms with Gasteiger partial charge in [-0.15, -0.1) is 0 Å². The average Bonchev–Trinajstić information content (AvgIpc) is 2.56. The number of hydrogen-bond donors (Lipinski definition) is 0. The van der Waals surface area contributed by atoms with Crippen LogP contribution in [0.5, 0.6) is 5.75 Å². The highest BCUT2D eigenvalue weighted by Crippen LogP contribution is 2.31. The highest BCUT2D eigenvalue weighted by molar-refractivity contribution is 5.97. The van der Waals surface area contributed by atoms with Crippen LogP contribution in [0, 0.1) is 0 Å². The molecular weight excluding hydrogens is 292 g/mol. The SMILES string of the molecule is CCCN(CCC)C(=O)CCCN1C(=O)COc2ccccc21. The summed E-state index contributed by atoms with van der Waals surface area (Å²) in [6.45, 7) is 6.41. The van der Waals surface area contributed by atoms with Crippen LogP contribution in [-0.2, 0) is 9.59 Å². The zero-order valence-corrected chi connectivity index (χ0v) is 14.1. The van der Waals surface area contributed by atoms with Crippen LogP contribution in [0.2, 0.25) is 0 Å². The molecule has 1 aromatic carbocycles. The van der Waals surface area contributed by atoms with Crippen molar-refractivity contribution in [3.8, 4) is 5.75 Å². The van der Waals surface area contributed by atoms with Crippen molar-refractivity contribution < 1.29 is 14.3 Å². The van der Waals surface area contributed by atoms with Crippen LogP contribution >= 0.6 is 0 Å². The number of fused-ring (bicyclic) bond motifs is 1. The first kappa shape index (κ1) is 17.3. The number of para-hydroxylation sites is 2. The summed E-state index contributed by atoms with van der Waals surface area (Å²) in [5, 5.41) is 0.